The van der Waals surface area contributed by atoms with Gasteiger partial charge in [-0.3, -0.25) is 4.79 Å². The lowest BCUT2D eigenvalue weighted by atomic mass is 9.96. The Labute approximate surface area is 115 Å². The van der Waals surface area contributed by atoms with Gasteiger partial charge < -0.3 is 10.1 Å². The molecule has 0 heterocycles. The number of hydrogen-bond acceptors (Lipinski definition) is 4. The molecule has 0 radical (unpaired) electrons. The minimum atomic E-state index is -0.0696. The molecule has 0 aliphatic heterocycles. The molecule has 1 fully saturated rings. The summed E-state index contributed by atoms with van der Waals surface area (Å²) in [5.74, 6) is 0.431. The molecule has 106 valence electrons. The third-order valence-corrected chi connectivity index (χ3v) is 4.78. The van der Waals surface area contributed by atoms with Crippen molar-refractivity contribution in [1.29, 1.82) is 0 Å². The van der Waals surface area contributed by atoms with Gasteiger partial charge in [0.2, 0.25) is 0 Å². The molecule has 0 saturated heterocycles. The zero-order valence-corrected chi connectivity index (χ0v) is 12.6. The minimum Gasteiger partial charge on any atom is -0.465 e. The number of ether oxygens (including phenoxy) is 1. The second kappa shape index (κ2) is 9.68. The average molecular weight is 273 g/mol. The summed E-state index contributed by atoms with van der Waals surface area (Å²) >= 11 is 1.78. The molecule has 1 aliphatic carbocycles. The fourth-order valence-corrected chi connectivity index (χ4v) is 3.75. The van der Waals surface area contributed by atoms with Crippen LogP contribution in [0.4, 0.5) is 0 Å². The lowest BCUT2D eigenvalue weighted by Gasteiger charge is -2.29. The summed E-state index contributed by atoms with van der Waals surface area (Å²) in [5.41, 5.74) is 0. The van der Waals surface area contributed by atoms with E-state index in [1.54, 1.807) is 11.8 Å². The zero-order valence-electron chi connectivity index (χ0n) is 11.7. The third kappa shape index (κ3) is 6.10. The van der Waals surface area contributed by atoms with Gasteiger partial charge in [-0.1, -0.05) is 32.6 Å². The Hall–Kier alpha value is -0.220. The van der Waals surface area contributed by atoms with E-state index in [2.05, 4.69) is 12.2 Å². The van der Waals surface area contributed by atoms with Crippen LogP contribution in [0.1, 0.15) is 52.4 Å². The highest BCUT2D eigenvalue weighted by Gasteiger charge is 2.23. The number of rotatable bonds is 6. The highest BCUT2D eigenvalue weighted by molar-refractivity contribution is 8.00. The molecule has 18 heavy (non-hydrogen) atoms. The van der Waals surface area contributed by atoms with E-state index in [0.29, 0.717) is 23.7 Å². The van der Waals surface area contributed by atoms with Gasteiger partial charge in [0.05, 0.1) is 12.4 Å². The molecule has 0 aromatic heterocycles. The van der Waals surface area contributed by atoms with Crippen LogP contribution in [-0.2, 0) is 9.53 Å². The molecule has 0 amide bonds. The van der Waals surface area contributed by atoms with Gasteiger partial charge in [-0.05, 0) is 26.3 Å². The molecule has 0 spiro atoms. The predicted molar refractivity (Wildman–Crippen MR) is 78.0 cm³/mol. The first kappa shape index (κ1) is 15.8. The van der Waals surface area contributed by atoms with Crippen molar-refractivity contribution in [3.05, 3.63) is 0 Å². The monoisotopic (exact) mass is 273 g/mol. The fraction of sp³-hybridized carbons (Fsp3) is 0.929. The van der Waals surface area contributed by atoms with Gasteiger partial charge >= 0.3 is 5.97 Å². The van der Waals surface area contributed by atoms with Crippen LogP contribution in [0.15, 0.2) is 0 Å². The molecule has 2 unspecified atom stereocenters. The van der Waals surface area contributed by atoms with E-state index >= 15 is 0 Å². The third-order valence-electron chi connectivity index (χ3n) is 3.39. The van der Waals surface area contributed by atoms with Crippen molar-refractivity contribution in [1.82, 2.24) is 5.32 Å². The summed E-state index contributed by atoms with van der Waals surface area (Å²) in [6.45, 7) is 5.52. The van der Waals surface area contributed by atoms with Crippen molar-refractivity contribution >= 4 is 17.7 Å². The molecular formula is C14H27NO2S. The Morgan fingerprint density at radius 2 is 1.94 bits per heavy atom. The summed E-state index contributed by atoms with van der Waals surface area (Å²) < 4.78 is 5.00. The summed E-state index contributed by atoms with van der Waals surface area (Å²) in [4.78, 5) is 11.4. The van der Waals surface area contributed by atoms with Crippen LogP contribution in [0.2, 0.25) is 0 Å². The lowest BCUT2D eigenvalue weighted by molar-refractivity contribution is -0.139. The van der Waals surface area contributed by atoms with E-state index in [9.17, 15) is 4.79 Å². The van der Waals surface area contributed by atoms with E-state index in [1.807, 2.05) is 6.92 Å². The smallest absolute Gasteiger partial charge is 0.315 e. The second-order valence-corrected chi connectivity index (χ2v) is 6.04. The minimum absolute atomic E-state index is 0.0696. The standard InChI is InChI=1S/C14H27NO2S/c1-3-15-12-9-7-5-6-8-10-13(12)18-11-14(16)17-4-2/h12-13,15H,3-11H2,1-2H3. The number of carbonyl (C=O) groups is 1. The lowest BCUT2D eigenvalue weighted by Crippen LogP contribution is -2.39. The first-order chi connectivity index (χ1) is 8.77. The van der Waals surface area contributed by atoms with Crippen LogP contribution >= 0.6 is 11.8 Å². The molecule has 4 heteroatoms. The van der Waals surface area contributed by atoms with Gasteiger partial charge in [-0.25, -0.2) is 0 Å². The predicted octanol–water partition coefficient (Wildman–Crippen LogP) is 2.98. The van der Waals surface area contributed by atoms with Gasteiger partial charge in [0.25, 0.3) is 0 Å². The van der Waals surface area contributed by atoms with Crippen LogP contribution < -0.4 is 5.32 Å². The zero-order chi connectivity index (χ0) is 13.2. The van der Waals surface area contributed by atoms with Crippen molar-refractivity contribution in [3.8, 4) is 0 Å². The van der Waals surface area contributed by atoms with Crippen molar-refractivity contribution in [2.45, 2.75) is 63.7 Å². The van der Waals surface area contributed by atoms with Gasteiger partial charge in [-0.2, -0.15) is 0 Å². The number of carbonyl (C=O) groups excluding carboxylic acids is 1. The summed E-state index contributed by atoms with van der Waals surface area (Å²) in [6, 6.07) is 0.565. The van der Waals surface area contributed by atoms with E-state index in [0.717, 1.165) is 6.54 Å². The maximum atomic E-state index is 11.4. The second-order valence-electron chi connectivity index (χ2n) is 4.81. The molecule has 2 atom stereocenters. The van der Waals surface area contributed by atoms with E-state index in [-0.39, 0.29) is 5.97 Å². The Balaban J connectivity index is 2.41. The van der Waals surface area contributed by atoms with Crippen molar-refractivity contribution in [2.24, 2.45) is 0 Å². The van der Waals surface area contributed by atoms with Crippen LogP contribution in [0, 0.1) is 0 Å². The van der Waals surface area contributed by atoms with Crippen LogP contribution in [0.3, 0.4) is 0 Å². The van der Waals surface area contributed by atoms with E-state index in [4.69, 9.17) is 4.74 Å². The van der Waals surface area contributed by atoms with Gasteiger partial charge in [0, 0.05) is 11.3 Å². The Kier molecular flexibility index (Phi) is 8.51. The number of thioether (sulfide) groups is 1. The van der Waals surface area contributed by atoms with E-state index in [1.165, 1.54) is 38.5 Å². The van der Waals surface area contributed by atoms with E-state index < -0.39 is 0 Å². The number of esters is 1. The normalized spacial score (nSPS) is 25.2. The highest BCUT2D eigenvalue weighted by atomic mass is 32.2. The van der Waals surface area contributed by atoms with Gasteiger partial charge in [0.1, 0.15) is 0 Å². The topological polar surface area (TPSA) is 38.3 Å². The van der Waals surface area contributed by atoms with Gasteiger partial charge in [-0.15, -0.1) is 11.8 Å². The first-order valence-electron chi connectivity index (χ1n) is 7.28. The van der Waals surface area contributed by atoms with Crippen molar-refractivity contribution in [3.63, 3.8) is 0 Å². The summed E-state index contributed by atoms with van der Waals surface area (Å²) in [5, 5.41) is 4.15. The van der Waals surface area contributed by atoms with Crippen molar-refractivity contribution < 1.29 is 9.53 Å². The first-order valence-corrected chi connectivity index (χ1v) is 8.33. The quantitative estimate of drug-likeness (QED) is 0.755. The largest absolute Gasteiger partial charge is 0.465 e. The molecule has 0 aromatic carbocycles. The summed E-state index contributed by atoms with van der Waals surface area (Å²) in [6.07, 6.45) is 7.78. The Morgan fingerprint density at radius 3 is 2.61 bits per heavy atom. The molecular weight excluding hydrogens is 246 g/mol. The molecule has 1 rings (SSSR count). The molecule has 0 bridgehead atoms. The highest BCUT2D eigenvalue weighted by Crippen LogP contribution is 2.27. The summed E-state index contributed by atoms with van der Waals surface area (Å²) in [7, 11) is 0. The Morgan fingerprint density at radius 1 is 1.22 bits per heavy atom. The maximum Gasteiger partial charge on any atom is 0.315 e. The molecule has 3 nitrogen and oxygen atoms in total. The average Bonchev–Trinajstić information content (AvgIpc) is 2.32. The van der Waals surface area contributed by atoms with Crippen LogP contribution in [0.25, 0.3) is 0 Å². The van der Waals surface area contributed by atoms with Crippen LogP contribution in [-0.4, -0.2) is 36.2 Å². The van der Waals surface area contributed by atoms with Crippen LogP contribution in [0.5, 0.6) is 0 Å². The molecule has 1 saturated carbocycles. The van der Waals surface area contributed by atoms with Gasteiger partial charge in [0.15, 0.2) is 0 Å². The maximum absolute atomic E-state index is 11.4. The SMILES string of the molecule is CCNC1CCCCCCC1SCC(=O)OCC. The molecule has 1 N–H and O–H groups in total. The molecule has 0 aromatic rings. The Bertz CT molecular complexity index is 236. The fourth-order valence-electron chi connectivity index (χ4n) is 2.52. The number of hydrogen-bond donors (Lipinski definition) is 1. The number of nitrogens with one attached hydrogen (secondary N) is 1. The molecule has 1 aliphatic rings. The van der Waals surface area contributed by atoms with Crippen molar-refractivity contribution in [2.75, 3.05) is 18.9 Å².